The number of pyridine rings is 1. The second-order valence-electron chi connectivity index (χ2n) is 3.02. The summed E-state index contributed by atoms with van der Waals surface area (Å²) in [5.41, 5.74) is 1.71. The molecule has 78 valence electrons. The molecule has 0 aliphatic rings. The number of aromatic nitrogens is 6. The Morgan fingerprint density at radius 1 is 1.31 bits per heavy atom. The van der Waals surface area contributed by atoms with Gasteiger partial charge in [0.25, 0.3) is 0 Å². The van der Waals surface area contributed by atoms with Crippen LogP contribution in [0.3, 0.4) is 0 Å². The van der Waals surface area contributed by atoms with E-state index in [0.717, 1.165) is 16.3 Å². The van der Waals surface area contributed by atoms with Crippen molar-refractivity contribution in [1.29, 1.82) is 0 Å². The zero-order valence-corrected chi connectivity index (χ0v) is 8.85. The van der Waals surface area contributed by atoms with E-state index in [9.17, 15) is 0 Å². The van der Waals surface area contributed by atoms with Crippen LogP contribution in [0.15, 0.2) is 29.9 Å². The molecule has 7 heteroatoms. The number of hydrogen-bond donors (Lipinski definition) is 1. The van der Waals surface area contributed by atoms with Gasteiger partial charge < -0.3 is 0 Å². The molecule has 3 rings (SSSR count). The zero-order chi connectivity index (χ0) is 10.8. The van der Waals surface area contributed by atoms with Crippen LogP contribution in [0, 0.1) is 0 Å². The lowest BCUT2D eigenvalue weighted by Gasteiger charge is -1.92. The SMILES string of the molecule is c1cncc(-c2nc(-c3nn[nH]n3)cs2)c1. The van der Waals surface area contributed by atoms with Crippen molar-refractivity contribution in [2.45, 2.75) is 0 Å². The van der Waals surface area contributed by atoms with E-state index in [1.165, 1.54) is 11.3 Å². The Morgan fingerprint density at radius 2 is 2.31 bits per heavy atom. The molecule has 0 spiro atoms. The van der Waals surface area contributed by atoms with Gasteiger partial charge in [0.05, 0.1) is 0 Å². The number of hydrogen-bond acceptors (Lipinski definition) is 6. The minimum Gasteiger partial charge on any atom is -0.264 e. The summed E-state index contributed by atoms with van der Waals surface area (Å²) in [5, 5.41) is 16.4. The molecule has 0 aromatic carbocycles. The average molecular weight is 230 g/mol. The fraction of sp³-hybridized carbons (Fsp3) is 0. The lowest BCUT2D eigenvalue weighted by Crippen LogP contribution is -1.82. The molecule has 0 saturated heterocycles. The molecule has 3 aromatic heterocycles. The fourth-order valence-electron chi connectivity index (χ4n) is 1.27. The Bertz CT molecular complexity index is 573. The Morgan fingerprint density at radius 3 is 3.06 bits per heavy atom. The Hall–Kier alpha value is -2.15. The first-order chi connectivity index (χ1) is 7.93. The van der Waals surface area contributed by atoms with Crippen molar-refractivity contribution in [1.82, 2.24) is 30.6 Å². The summed E-state index contributed by atoms with van der Waals surface area (Å²) in [5.74, 6) is 0.506. The van der Waals surface area contributed by atoms with Crippen LogP contribution in [-0.2, 0) is 0 Å². The van der Waals surface area contributed by atoms with Crippen LogP contribution in [0.1, 0.15) is 0 Å². The predicted octanol–water partition coefficient (Wildman–Crippen LogP) is 1.39. The monoisotopic (exact) mass is 230 g/mol. The van der Waals surface area contributed by atoms with Crippen LogP contribution in [-0.4, -0.2) is 30.6 Å². The van der Waals surface area contributed by atoms with Crippen LogP contribution in [0.2, 0.25) is 0 Å². The van der Waals surface area contributed by atoms with Crippen molar-refractivity contribution in [3.05, 3.63) is 29.9 Å². The van der Waals surface area contributed by atoms with E-state index >= 15 is 0 Å². The van der Waals surface area contributed by atoms with Crippen molar-refractivity contribution in [2.24, 2.45) is 0 Å². The van der Waals surface area contributed by atoms with Gasteiger partial charge in [0, 0.05) is 23.3 Å². The topological polar surface area (TPSA) is 80.2 Å². The zero-order valence-electron chi connectivity index (χ0n) is 8.03. The molecule has 0 atom stereocenters. The molecule has 0 aliphatic heterocycles. The lowest BCUT2D eigenvalue weighted by molar-refractivity contribution is 0.881. The van der Waals surface area contributed by atoms with Gasteiger partial charge in [-0.05, 0) is 17.3 Å². The number of tetrazole rings is 1. The minimum atomic E-state index is 0.506. The Labute approximate surface area is 94.4 Å². The Kier molecular flexibility index (Phi) is 2.15. The molecular weight excluding hydrogens is 224 g/mol. The number of nitrogens with zero attached hydrogens (tertiary/aromatic N) is 5. The molecule has 0 fully saturated rings. The van der Waals surface area contributed by atoms with E-state index in [1.54, 1.807) is 12.4 Å². The van der Waals surface area contributed by atoms with Crippen molar-refractivity contribution in [3.63, 3.8) is 0 Å². The van der Waals surface area contributed by atoms with Crippen LogP contribution < -0.4 is 0 Å². The molecule has 1 N–H and O–H groups in total. The summed E-state index contributed by atoms with van der Waals surface area (Å²) in [7, 11) is 0. The number of aromatic amines is 1. The van der Waals surface area contributed by atoms with Gasteiger partial charge in [-0.3, -0.25) is 4.98 Å². The summed E-state index contributed by atoms with van der Waals surface area (Å²) in [4.78, 5) is 8.47. The van der Waals surface area contributed by atoms with Crippen molar-refractivity contribution in [3.8, 4) is 22.1 Å². The maximum absolute atomic E-state index is 4.42. The van der Waals surface area contributed by atoms with Crippen LogP contribution >= 0.6 is 11.3 Å². The summed E-state index contributed by atoms with van der Waals surface area (Å²) in [6.07, 6.45) is 3.51. The highest BCUT2D eigenvalue weighted by molar-refractivity contribution is 7.13. The van der Waals surface area contributed by atoms with E-state index in [4.69, 9.17) is 0 Å². The molecule has 0 aliphatic carbocycles. The fourth-order valence-corrected chi connectivity index (χ4v) is 2.06. The Balaban J connectivity index is 2.00. The van der Waals surface area contributed by atoms with Crippen LogP contribution in [0.5, 0.6) is 0 Å². The third-order valence-electron chi connectivity index (χ3n) is 1.99. The summed E-state index contributed by atoms with van der Waals surface area (Å²) in [6.45, 7) is 0. The molecule has 16 heavy (non-hydrogen) atoms. The summed E-state index contributed by atoms with van der Waals surface area (Å²) >= 11 is 1.53. The maximum atomic E-state index is 4.42. The smallest absolute Gasteiger partial charge is 0.223 e. The number of rotatable bonds is 2. The quantitative estimate of drug-likeness (QED) is 0.719. The largest absolute Gasteiger partial charge is 0.264 e. The molecular formula is C9H6N6S. The number of thiazole rings is 1. The van der Waals surface area contributed by atoms with Gasteiger partial charge in [-0.1, -0.05) is 0 Å². The van der Waals surface area contributed by atoms with Gasteiger partial charge in [-0.15, -0.1) is 21.5 Å². The third kappa shape index (κ3) is 1.57. The third-order valence-corrected chi connectivity index (χ3v) is 2.88. The molecule has 6 nitrogen and oxygen atoms in total. The van der Waals surface area contributed by atoms with E-state index in [0.29, 0.717) is 5.82 Å². The average Bonchev–Trinajstić information content (AvgIpc) is 3.01. The summed E-state index contributed by atoms with van der Waals surface area (Å²) < 4.78 is 0. The number of H-pyrrole nitrogens is 1. The van der Waals surface area contributed by atoms with Crippen molar-refractivity contribution in [2.75, 3.05) is 0 Å². The molecule has 0 unspecified atom stereocenters. The van der Waals surface area contributed by atoms with Gasteiger partial charge in [-0.2, -0.15) is 5.21 Å². The first kappa shape index (κ1) is 9.10. The maximum Gasteiger partial charge on any atom is 0.223 e. The van der Waals surface area contributed by atoms with E-state index in [-0.39, 0.29) is 0 Å². The summed E-state index contributed by atoms with van der Waals surface area (Å²) in [6, 6.07) is 3.84. The standard InChI is InChI=1S/C9H6N6S/c1-2-6(4-10-3-1)9-11-7(5-16-9)8-12-14-15-13-8/h1-5H,(H,12,13,14,15). The van der Waals surface area contributed by atoms with Crippen LogP contribution in [0.4, 0.5) is 0 Å². The molecule has 0 amide bonds. The van der Waals surface area contributed by atoms with E-state index in [1.807, 2.05) is 17.5 Å². The first-order valence-electron chi connectivity index (χ1n) is 4.53. The molecule has 0 saturated carbocycles. The highest BCUT2D eigenvalue weighted by Crippen LogP contribution is 2.25. The highest BCUT2D eigenvalue weighted by Gasteiger charge is 2.09. The second-order valence-corrected chi connectivity index (χ2v) is 3.87. The number of nitrogens with one attached hydrogen (secondary N) is 1. The highest BCUT2D eigenvalue weighted by atomic mass is 32.1. The van der Waals surface area contributed by atoms with Gasteiger partial charge in [0.1, 0.15) is 10.7 Å². The van der Waals surface area contributed by atoms with Crippen molar-refractivity contribution < 1.29 is 0 Å². The molecule has 0 radical (unpaired) electrons. The van der Waals surface area contributed by atoms with Gasteiger partial charge in [-0.25, -0.2) is 4.98 Å². The van der Waals surface area contributed by atoms with Gasteiger partial charge in [0.15, 0.2) is 0 Å². The first-order valence-corrected chi connectivity index (χ1v) is 5.41. The molecule has 3 aromatic rings. The van der Waals surface area contributed by atoms with E-state index < -0.39 is 0 Å². The van der Waals surface area contributed by atoms with E-state index in [2.05, 4.69) is 30.6 Å². The predicted molar refractivity (Wildman–Crippen MR) is 58.5 cm³/mol. The van der Waals surface area contributed by atoms with Gasteiger partial charge >= 0.3 is 0 Å². The minimum absolute atomic E-state index is 0.506. The lowest BCUT2D eigenvalue weighted by atomic mass is 10.3. The van der Waals surface area contributed by atoms with Crippen LogP contribution in [0.25, 0.3) is 22.1 Å². The van der Waals surface area contributed by atoms with Crippen molar-refractivity contribution >= 4 is 11.3 Å². The normalized spacial score (nSPS) is 10.5. The molecule has 3 heterocycles. The van der Waals surface area contributed by atoms with Gasteiger partial charge in [0.2, 0.25) is 5.82 Å². The molecule has 0 bridgehead atoms. The second kappa shape index (κ2) is 3.78.